The molecule has 3 aromatic carbocycles. The van der Waals surface area contributed by atoms with E-state index < -0.39 is 5.97 Å². The van der Waals surface area contributed by atoms with Gasteiger partial charge in [-0.3, -0.25) is 19.7 Å². The number of amides is 1. The molecule has 0 aliphatic carbocycles. The second-order valence-corrected chi connectivity index (χ2v) is 7.78. The van der Waals surface area contributed by atoms with Gasteiger partial charge < -0.3 is 15.0 Å². The Morgan fingerprint density at radius 3 is 2.49 bits per heavy atom. The topological polar surface area (TPSA) is 102 Å². The molecule has 35 heavy (non-hydrogen) atoms. The average molecular weight is 477 g/mol. The first-order valence-corrected chi connectivity index (χ1v) is 11.3. The van der Waals surface area contributed by atoms with E-state index in [0.717, 1.165) is 22.2 Å². The van der Waals surface area contributed by atoms with E-state index in [1.165, 1.54) is 13.1 Å². The zero-order valence-corrected chi connectivity index (χ0v) is 19.6. The number of nitrogens with zero attached hydrogens (tertiary/aromatic N) is 2. The molecule has 0 aromatic heterocycles. The van der Waals surface area contributed by atoms with Crippen LogP contribution in [0.4, 0.5) is 11.4 Å². The number of non-ortho nitro benzene ring substituents is 1. The first-order valence-electron chi connectivity index (χ1n) is 12.0. The van der Waals surface area contributed by atoms with Gasteiger partial charge in [-0.1, -0.05) is 42.5 Å². The number of nitro groups is 1. The van der Waals surface area contributed by atoms with Gasteiger partial charge >= 0.3 is 5.97 Å². The molecular weight excluding hydrogens is 446 g/mol. The van der Waals surface area contributed by atoms with Crippen LogP contribution >= 0.6 is 0 Å². The van der Waals surface area contributed by atoms with Crippen LogP contribution in [0.5, 0.6) is 0 Å². The van der Waals surface area contributed by atoms with Crippen molar-refractivity contribution in [2.24, 2.45) is 0 Å². The van der Waals surface area contributed by atoms with Crippen LogP contribution in [-0.2, 0) is 14.3 Å². The fourth-order valence-electron chi connectivity index (χ4n) is 3.65. The summed E-state index contributed by atoms with van der Waals surface area (Å²) in [5, 5.41) is 15.2. The van der Waals surface area contributed by atoms with E-state index >= 15 is 0 Å². The molecule has 3 aromatic rings. The highest BCUT2D eigenvalue weighted by atomic mass is 16.6. The summed E-state index contributed by atoms with van der Waals surface area (Å²) < 4.78 is 12.8. The number of hydrogen-bond donors (Lipinski definition) is 1. The van der Waals surface area contributed by atoms with Crippen molar-refractivity contribution in [1.82, 2.24) is 5.32 Å². The van der Waals surface area contributed by atoms with Gasteiger partial charge in [0, 0.05) is 33.1 Å². The minimum absolute atomic E-state index is 0.0309. The predicted octanol–water partition coefficient (Wildman–Crippen LogP) is 4.81. The minimum atomic E-state index is -0.427. The van der Waals surface area contributed by atoms with Gasteiger partial charge in [-0.15, -0.1) is 0 Å². The van der Waals surface area contributed by atoms with Crippen LogP contribution in [0.3, 0.4) is 0 Å². The highest BCUT2D eigenvalue weighted by Gasteiger charge is 2.13. The molecule has 0 saturated heterocycles. The van der Waals surface area contributed by atoms with E-state index in [-0.39, 0.29) is 42.9 Å². The molecule has 3 rings (SSSR count). The molecule has 0 heterocycles. The molecule has 0 aliphatic heterocycles. The van der Waals surface area contributed by atoms with Crippen molar-refractivity contribution in [2.45, 2.75) is 19.7 Å². The number of fused-ring (bicyclic) bond motifs is 1. The van der Waals surface area contributed by atoms with Gasteiger partial charge in [-0.05, 0) is 47.7 Å². The summed E-state index contributed by atoms with van der Waals surface area (Å²) in [6, 6.07) is 18.3. The standard InChI is InChI=1S/C27H29N3O5/c1-3-29(18-19-35-27(32)17-16-26(31)28-2)22-13-9-20(10-14-22)8-11-21-12-15-25(30(33)34)24-7-5-4-6-23(21)24/h4-15H,3,16-19H2,1-2H3,(H,28,31)/b11-8+/i1D. The Balaban J connectivity index is 1.65. The van der Waals surface area contributed by atoms with Gasteiger partial charge in [0.15, 0.2) is 0 Å². The van der Waals surface area contributed by atoms with Crippen LogP contribution in [-0.4, -0.2) is 43.5 Å². The maximum Gasteiger partial charge on any atom is 0.306 e. The van der Waals surface area contributed by atoms with E-state index in [2.05, 4.69) is 5.32 Å². The maximum absolute atomic E-state index is 11.8. The van der Waals surface area contributed by atoms with Crippen LogP contribution in [0.15, 0.2) is 60.7 Å². The summed E-state index contributed by atoms with van der Waals surface area (Å²) in [7, 11) is 1.52. The number of nitrogens with one attached hydrogen (secondary N) is 1. The number of anilines is 1. The summed E-state index contributed by atoms with van der Waals surface area (Å²) in [5.41, 5.74) is 2.82. The van der Waals surface area contributed by atoms with Crippen molar-refractivity contribution >= 4 is 46.2 Å². The molecule has 0 unspecified atom stereocenters. The third-order valence-corrected chi connectivity index (χ3v) is 5.57. The molecule has 1 N–H and O–H groups in total. The Morgan fingerprint density at radius 2 is 1.80 bits per heavy atom. The van der Waals surface area contributed by atoms with E-state index in [0.29, 0.717) is 18.5 Å². The van der Waals surface area contributed by atoms with Crippen molar-refractivity contribution in [1.29, 1.82) is 0 Å². The Hall–Kier alpha value is -4.20. The Kier molecular flexibility index (Phi) is 8.42. The number of rotatable bonds is 11. The lowest BCUT2D eigenvalue weighted by Crippen LogP contribution is -2.28. The Labute approximate surface area is 205 Å². The van der Waals surface area contributed by atoms with Crippen molar-refractivity contribution in [3.8, 4) is 0 Å². The molecule has 0 bridgehead atoms. The van der Waals surface area contributed by atoms with Crippen LogP contribution in [0.25, 0.3) is 22.9 Å². The zero-order chi connectivity index (χ0) is 25.9. The van der Waals surface area contributed by atoms with Gasteiger partial charge in [-0.2, -0.15) is 0 Å². The number of esters is 1. The lowest BCUT2D eigenvalue weighted by atomic mass is 10.0. The third-order valence-electron chi connectivity index (χ3n) is 5.57. The number of carbonyl (C=O) groups is 2. The van der Waals surface area contributed by atoms with Gasteiger partial charge in [0.2, 0.25) is 5.91 Å². The number of benzene rings is 3. The molecular formula is C27H29N3O5. The summed E-state index contributed by atoms with van der Waals surface area (Å²) in [6.07, 6.45) is 4.00. The van der Waals surface area contributed by atoms with Crippen molar-refractivity contribution in [3.63, 3.8) is 0 Å². The van der Waals surface area contributed by atoms with Crippen molar-refractivity contribution in [2.75, 3.05) is 31.6 Å². The quantitative estimate of drug-likeness (QED) is 0.184. The van der Waals surface area contributed by atoms with Gasteiger partial charge in [0.25, 0.3) is 5.69 Å². The average Bonchev–Trinajstić information content (AvgIpc) is 2.90. The summed E-state index contributed by atoms with van der Waals surface area (Å²) in [6.45, 7) is 1.29. The first-order chi connectivity index (χ1) is 17.4. The molecule has 0 spiro atoms. The molecule has 0 fully saturated rings. The monoisotopic (exact) mass is 476 g/mol. The van der Waals surface area contributed by atoms with Crippen LogP contribution in [0, 0.1) is 10.1 Å². The minimum Gasteiger partial charge on any atom is -0.464 e. The maximum atomic E-state index is 11.8. The summed E-state index contributed by atoms with van der Waals surface area (Å²) in [5.74, 6) is -0.637. The van der Waals surface area contributed by atoms with E-state index in [9.17, 15) is 19.7 Å². The first kappa shape index (κ1) is 23.9. The normalized spacial score (nSPS) is 11.3. The molecule has 1 amide bonds. The van der Waals surface area contributed by atoms with Gasteiger partial charge in [0.1, 0.15) is 6.61 Å². The van der Waals surface area contributed by atoms with E-state index in [4.69, 9.17) is 6.11 Å². The molecule has 0 atom stereocenters. The van der Waals surface area contributed by atoms with Crippen molar-refractivity contribution < 1.29 is 20.6 Å². The number of carbonyl (C=O) groups excluding carboxylic acids is 2. The number of likely N-dealkylation sites (N-methyl/N-ethyl adjacent to an activating group) is 1. The zero-order valence-electron chi connectivity index (χ0n) is 20.6. The number of hydrogen-bond acceptors (Lipinski definition) is 6. The molecule has 0 saturated carbocycles. The van der Waals surface area contributed by atoms with Gasteiger partial charge in [-0.25, -0.2) is 0 Å². The predicted molar refractivity (Wildman–Crippen MR) is 138 cm³/mol. The Morgan fingerprint density at radius 1 is 1.06 bits per heavy atom. The lowest BCUT2D eigenvalue weighted by molar-refractivity contribution is -0.383. The third kappa shape index (κ3) is 6.89. The summed E-state index contributed by atoms with van der Waals surface area (Å²) in [4.78, 5) is 36.0. The Bertz CT molecular complexity index is 1240. The SMILES string of the molecule is [2H]CCN(CCOC(=O)CCC(=O)NC)c1ccc(/C=C/c2ccc([N+](=O)[O-])c3ccccc23)cc1. The van der Waals surface area contributed by atoms with Gasteiger partial charge in [0.05, 0.1) is 23.3 Å². The van der Waals surface area contributed by atoms with Crippen LogP contribution in [0.1, 0.15) is 32.2 Å². The van der Waals surface area contributed by atoms with E-state index in [1.54, 1.807) is 18.2 Å². The highest BCUT2D eigenvalue weighted by Crippen LogP contribution is 2.29. The van der Waals surface area contributed by atoms with Crippen molar-refractivity contribution in [3.05, 3.63) is 81.9 Å². The van der Waals surface area contributed by atoms with Crippen LogP contribution < -0.4 is 10.2 Å². The second-order valence-electron chi connectivity index (χ2n) is 7.78. The highest BCUT2D eigenvalue weighted by molar-refractivity contribution is 5.98. The smallest absolute Gasteiger partial charge is 0.306 e. The number of nitro benzene ring substituents is 1. The fraction of sp³-hybridized carbons (Fsp3) is 0.259. The fourth-order valence-corrected chi connectivity index (χ4v) is 3.65. The molecule has 8 nitrogen and oxygen atoms in total. The van der Waals surface area contributed by atoms with Crippen LogP contribution in [0.2, 0.25) is 0 Å². The molecule has 8 heteroatoms. The lowest BCUT2D eigenvalue weighted by Gasteiger charge is -2.23. The molecule has 0 aliphatic rings. The summed E-state index contributed by atoms with van der Waals surface area (Å²) >= 11 is 0. The largest absolute Gasteiger partial charge is 0.464 e. The molecule has 182 valence electrons. The van der Waals surface area contributed by atoms with E-state index in [1.807, 2.05) is 53.5 Å². The second kappa shape index (κ2) is 12.3. The number of ether oxygens (including phenoxy) is 1. The molecule has 0 radical (unpaired) electrons.